The van der Waals surface area contributed by atoms with Crippen molar-refractivity contribution in [1.29, 1.82) is 0 Å². The zero-order valence-electron chi connectivity index (χ0n) is 11.8. The Kier molecular flexibility index (Phi) is 3.38. The first-order chi connectivity index (χ1) is 9.04. The van der Waals surface area contributed by atoms with E-state index in [0.717, 1.165) is 24.3 Å². The fourth-order valence-corrected chi connectivity index (χ4v) is 4.31. The van der Waals surface area contributed by atoms with Crippen LogP contribution in [0.3, 0.4) is 0 Å². The average molecular weight is 279 g/mol. The lowest BCUT2D eigenvalue weighted by Gasteiger charge is -2.29. The molecule has 2 N–H and O–H groups in total. The van der Waals surface area contributed by atoms with Crippen molar-refractivity contribution < 1.29 is 0 Å². The maximum atomic E-state index is 6.16. The second-order valence-electron chi connectivity index (χ2n) is 6.48. The molecule has 3 unspecified atom stereocenters. The molecule has 2 aliphatic rings. The van der Waals surface area contributed by atoms with Gasteiger partial charge in [0.25, 0.3) is 0 Å². The van der Waals surface area contributed by atoms with E-state index in [0.29, 0.717) is 10.7 Å². The van der Waals surface area contributed by atoms with Gasteiger partial charge in [-0.15, -0.1) is 0 Å². The summed E-state index contributed by atoms with van der Waals surface area (Å²) in [5.74, 6) is 2.86. The van der Waals surface area contributed by atoms with Crippen LogP contribution in [0.1, 0.15) is 31.2 Å². The topological polar surface area (TPSA) is 29.3 Å². The molecular formula is C16H23ClN2. The molecule has 3 atom stereocenters. The van der Waals surface area contributed by atoms with Crippen LogP contribution in [0.25, 0.3) is 0 Å². The fourth-order valence-electron chi connectivity index (χ4n) is 4.15. The zero-order valence-corrected chi connectivity index (χ0v) is 12.6. The minimum Gasteiger partial charge on any atom is -0.398 e. The molecule has 1 aromatic rings. The zero-order chi connectivity index (χ0) is 13.6. The van der Waals surface area contributed by atoms with Gasteiger partial charge in [0.2, 0.25) is 0 Å². The molecule has 2 bridgehead atoms. The highest BCUT2D eigenvalue weighted by atomic mass is 35.5. The summed E-state index contributed by atoms with van der Waals surface area (Å²) < 4.78 is 0. The molecule has 0 radical (unpaired) electrons. The molecule has 0 spiro atoms. The molecule has 19 heavy (non-hydrogen) atoms. The second kappa shape index (κ2) is 4.90. The summed E-state index contributed by atoms with van der Waals surface area (Å²) in [6.07, 6.45) is 5.82. The largest absolute Gasteiger partial charge is 0.398 e. The lowest BCUT2D eigenvalue weighted by molar-refractivity contribution is 0.337. The Morgan fingerprint density at radius 3 is 2.74 bits per heavy atom. The van der Waals surface area contributed by atoms with Crippen molar-refractivity contribution in [3.05, 3.63) is 22.7 Å². The third-order valence-corrected chi connectivity index (χ3v) is 5.45. The summed E-state index contributed by atoms with van der Waals surface area (Å²) in [4.78, 5) is 2.37. The monoisotopic (exact) mass is 278 g/mol. The van der Waals surface area contributed by atoms with Crippen LogP contribution >= 0.6 is 11.6 Å². The first kappa shape index (κ1) is 13.1. The molecule has 0 aromatic heterocycles. The van der Waals surface area contributed by atoms with Gasteiger partial charge in [-0.05, 0) is 61.6 Å². The Hall–Kier alpha value is -0.890. The fraction of sp³-hybridized carbons (Fsp3) is 0.625. The first-order valence-corrected chi connectivity index (χ1v) is 7.69. The van der Waals surface area contributed by atoms with Gasteiger partial charge >= 0.3 is 0 Å². The van der Waals surface area contributed by atoms with E-state index in [9.17, 15) is 0 Å². The molecule has 0 heterocycles. The maximum Gasteiger partial charge on any atom is 0.0656 e. The van der Waals surface area contributed by atoms with Crippen molar-refractivity contribution in [2.24, 2.45) is 17.8 Å². The Balaban J connectivity index is 1.73. The van der Waals surface area contributed by atoms with Gasteiger partial charge in [-0.3, -0.25) is 0 Å². The number of nitrogen functional groups attached to an aromatic ring is 1. The summed E-state index contributed by atoms with van der Waals surface area (Å²) in [7, 11) is 2.18. The van der Waals surface area contributed by atoms with Crippen molar-refractivity contribution in [1.82, 2.24) is 0 Å². The van der Waals surface area contributed by atoms with E-state index >= 15 is 0 Å². The molecule has 2 saturated carbocycles. The highest BCUT2D eigenvalue weighted by Gasteiger charge is 2.39. The number of hydrogen-bond acceptors (Lipinski definition) is 2. The van der Waals surface area contributed by atoms with Gasteiger partial charge < -0.3 is 10.6 Å². The summed E-state index contributed by atoms with van der Waals surface area (Å²) >= 11 is 6.16. The summed E-state index contributed by atoms with van der Waals surface area (Å²) in [6, 6.07) is 3.99. The summed E-state index contributed by atoms with van der Waals surface area (Å²) in [6.45, 7) is 3.27. The SMILES string of the molecule is Cc1cc(N)c(Cl)cc1N(C)CC1CC2CCC1C2. The van der Waals surface area contributed by atoms with Gasteiger partial charge in [0.15, 0.2) is 0 Å². The van der Waals surface area contributed by atoms with Crippen LogP contribution in [0.4, 0.5) is 11.4 Å². The molecule has 0 aliphatic heterocycles. The van der Waals surface area contributed by atoms with Gasteiger partial charge in [0.1, 0.15) is 0 Å². The highest BCUT2D eigenvalue weighted by molar-refractivity contribution is 6.33. The van der Waals surface area contributed by atoms with E-state index in [1.165, 1.54) is 36.9 Å². The minimum absolute atomic E-state index is 0.667. The molecule has 0 saturated heterocycles. The van der Waals surface area contributed by atoms with Crippen LogP contribution < -0.4 is 10.6 Å². The van der Waals surface area contributed by atoms with Crippen LogP contribution in [-0.4, -0.2) is 13.6 Å². The first-order valence-electron chi connectivity index (χ1n) is 7.31. The average Bonchev–Trinajstić information content (AvgIpc) is 2.95. The van der Waals surface area contributed by atoms with E-state index < -0.39 is 0 Å². The molecule has 2 aliphatic carbocycles. The number of nitrogens with zero attached hydrogens (tertiary/aromatic N) is 1. The third kappa shape index (κ3) is 2.43. The minimum atomic E-state index is 0.667. The highest BCUT2D eigenvalue weighted by Crippen LogP contribution is 2.48. The second-order valence-corrected chi connectivity index (χ2v) is 6.88. The van der Waals surface area contributed by atoms with Crippen molar-refractivity contribution >= 4 is 23.0 Å². The Labute approximate surface area is 120 Å². The quantitative estimate of drug-likeness (QED) is 0.844. The van der Waals surface area contributed by atoms with Crippen LogP contribution in [0.5, 0.6) is 0 Å². The smallest absolute Gasteiger partial charge is 0.0656 e. The number of halogens is 1. The molecule has 2 nitrogen and oxygen atoms in total. The number of rotatable bonds is 3. The Bertz CT molecular complexity index is 486. The number of fused-ring (bicyclic) bond motifs is 2. The van der Waals surface area contributed by atoms with Crippen LogP contribution in [0, 0.1) is 24.7 Å². The van der Waals surface area contributed by atoms with E-state index in [-0.39, 0.29) is 0 Å². The van der Waals surface area contributed by atoms with E-state index in [4.69, 9.17) is 17.3 Å². The number of hydrogen-bond donors (Lipinski definition) is 1. The predicted octanol–water partition coefficient (Wildman–Crippen LogP) is 4.10. The molecule has 104 valence electrons. The molecule has 3 heteroatoms. The third-order valence-electron chi connectivity index (χ3n) is 5.12. The standard InChI is InChI=1S/C16H23ClN2/c1-10-5-15(18)14(17)8-16(10)19(2)9-13-7-11-3-4-12(13)6-11/h5,8,11-13H,3-4,6-7,9,18H2,1-2H3. The van der Waals surface area contributed by atoms with E-state index in [2.05, 4.69) is 18.9 Å². The summed E-state index contributed by atoms with van der Waals surface area (Å²) in [5, 5.41) is 0.667. The molecule has 3 rings (SSSR count). The number of aryl methyl sites for hydroxylation is 1. The lowest BCUT2D eigenvalue weighted by Crippen LogP contribution is -2.29. The van der Waals surface area contributed by atoms with Gasteiger partial charge in [0.05, 0.1) is 10.7 Å². The maximum absolute atomic E-state index is 6.16. The van der Waals surface area contributed by atoms with Crippen LogP contribution in [-0.2, 0) is 0 Å². The molecule has 2 fully saturated rings. The molecule has 1 aromatic carbocycles. The predicted molar refractivity (Wildman–Crippen MR) is 82.8 cm³/mol. The van der Waals surface area contributed by atoms with Gasteiger partial charge in [-0.2, -0.15) is 0 Å². The molecule has 0 amide bonds. The van der Waals surface area contributed by atoms with Crippen molar-refractivity contribution in [3.63, 3.8) is 0 Å². The normalized spacial score (nSPS) is 28.9. The summed E-state index contributed by atoms with van der Waals surface area (Å²) in [5.41, 5.74) is 8.97. The van der Waals surface area contributed by atoms with Crippen LogP contribution in [0.2, 0.25) is 5.02 Å². The van der Waals surface area contributed by atoms with Crippen molar-refractivity contribution in [2.75, 3.05) is 24.2 Å². The van der Waals surface area contributed by atoms with Crippen molar-refractivity contribution in [2.45, 2.75) is 32.6 Å². The van der Waals surface area contributed by atoms with Gasteiger partial charge in [-0.1, -0.05) is 18.0 Å². The number of benzene rings is 1. The lowest BCUT2D eigenvalue weighted by atomic mass is 9.88. The van der Waals surface area contributed by atoms with E-state index in [1.54, 1.807) is 0 Å². The number of anilines is 2. The molecular weight excluding hydrogens is 256 g/mol. The van der Waals surface area contributed by atoms with Gasteiger partial charge in [0, 0.05) is 19.3 Å². The van der Waals surface area contributed by atoms with Crippen molar-refractivity contribution in [3.8, 4) is 0 Å². The van der Waals surface area contributed by atoms with Gasteiger partial charge in [-0.25, -0.2) is 0 Å². The number of nitrogens with two attached hydrogens (primary N) is 1. The van der Waals surface area contributed by atoms with Crippen LogP contribution in [0.15, 0.2) is 12.1 Å². The Morgan fingerprint density at radius 1 is 1.32 bits per heavy atom. The Morgan fingerprint density at radius 2 is 2.11 bits per heavy atom. The van der Waals surface area contributed by atoms with E-state index in [1.807, 2.05) is 12.1 Å².